The zero-order valence-electron chi connectivity index (χ0n) is 19.4. The molecule has 0 aliphatic carbocycles. The minimum absolute atomic E-state index is 0.0731. The van der Waals surface area contributed by atoms with Crippen LogP contribution in [0.3, 0.4) is 0 Å². The summed E-state index contributed by atoms with van der Waals surface area (Å²) in [5, 5.41) is 0. The fourth-order valence-corrected chi connectivity index (χ4v) is 5.41. The minimum Gasteiger partial charge on any atom is -0.291 e. The predicted molar refractivity (Wildman–Crippen MR) is 136 cm³/mol. The molecule has 2 aliphatic rings. The molecule has 0 fully saturated rings. The number of para-hydroxylation sites is 2. The van der Waals surface area contributed by atoms with E-state index < -0.39 is 0 Å². The standard InChI is InChI=1S/C27H22BN7/c1-32-17-15-30-26-23(32)28-22-21(34(26)19-9-5-3-6-10-19)13-14-29-25(22)35(20-11-7-4-8-12-20)27-24(28)33(2)18-16-31-27/h3-18H,1-2H3/q+2. The number of aryl methyl sites for hydroxylation is 2. The van der Waals surface area contributed by atoms with Crippen LogP contribution in [-0.4, -0.2) is 21.7 Å². The smallest absolute Gasteiger partial charge is 0.291 e. The molecule has 7 nitrogen and oxygen atoms in total. The lowest BCUT2D eigenvalue weighted by Gasteiger charge is -2.38. The van der Waals surface area contributed by atoms with Gasteiger partial charge in [-0.2, -0.15) is 0 Å². The Morgan fingerprint density at radius 3 is 1.71 bits per heavy atom. The highest BCUT2D eigenvalue weighted by Crippen LogP contribution is 2.40. The van der Waals surface area contributed by atoms with Crippen molar-refractivity contribution in [1.82, 2.24) is 15.0 Å². The summed E-state index contributed by atoms with van der Waals surface area (Å²) in [5.74, 6) is 2.69. The Morgan fingerprint density at radius 1 is 0.600 bits per heavy atom. The zero-order valence-corrected chi connectivity index (χ0v) is 19.4. The van der Waals surface area contributed by atoms with Gasteiger partial charge in [0.2, 0.25) is 0 Å². The van der Waals surface area contributed by atoms with Crippen LogP contribution in [0.1, 0.15) is 0 Å². The molecule has 0 saturated heterocycles. The molecule has 0 spiro atoms. The van der Waals surface area contributed by atoms with Crippen molar-refractivity contribution in [3.8, 4) is 0 Å². The van der Waals surface area contributed by atoms with Crippen LogP contribution in [0.2, 0.25) is 0 Å². The van der Waals surface area contributed by atoms with Gasteiger partial charge in [-0.15, -0.1) is 0 Å². The molecule has 2 aliphatic heterocycles. The average Bonchev–Trinajstić information content (AvgIpc) is 2.90. The number of rotatable bonds is 2. The summed E-state index contributed by atoms with van der Waals surface area (Å²) < 4.78 is 4.36. The quantitative estimate of drug-likeness (QED) is 0.293. The van der Waals surface area contributed by atoms with Gasteiger partial charge < -0.3 is 0 Å². The van der Waals surface area contributed by atoms with E-state index in [1.54, 1.807) is 0 Å². The molecule has 0 radical (unpaired) electrons. The van der Waals surface area contributed by atoms with E-state index in [2.05, 4.69) is 87.6 Å². The lowest BCUT2D eigenvalue weighted by molar-refractivity contribution is -0.658. The number of hydrogen-bond donors (Lipinski definition) is 0. The van der Waals surface area contributed by atoms with E-state index in [0.29, 0.717) is 0 Å². The van der Waals surface area contributed by atoms with Crippen LogP contribution in [-0.2, 0) is 14.1 Å². The molecule has 2 aromatic carbocycles. The van der Waals surface area contributed by atoms with E-state index in [0.717, 1.165) is 51.2 Å². The number of aromatic nitrogens is 5. The lowest BCUT2D eigenvalue weighted by atomic mass is 9.37. The van der Waals surface area contributed by atoms with Crippen molar-refractivity contribution in [2.24, 2.45) is 14.1 Å². The predicted octanol–water partition coefficient (Wildman–Crippen LogP) is 1.60. The number of hydrogen-bond acceptors (Lipinski definition) is 5. The Balaban J connectivity index is 1.62. The molecule has 35 heavy (non-hydrogen) atoms. The van der Waals surface area contributed by atoms with Crippen LogP contribution >= 0.6 is 0 Å². The van der Waals surface area contributed by atoms with E-state index in [1.807, 2.05) is 43.1 Å². The Bertz CT molecular complexity index is 1480. The van der Waals surface area contributed by atoms with Crippen LogP contribution in [0, 0.1) is 0 Å². The first-order valence-corrected chi connectivity index (χ1v) is 11.6. The highest BCUT2D eigenvalue weighted by atomic mass is 15.3. The summed E-state index contributed by atoms with van der Waals surface area (Å²) in [6.07, 6.45) is 9.64. The maximum atomic E-state index is 4.95. The molecule has 0 bridgehead atoms. The third-order valence-corrected chi connectivity index (χ3v) is 6.88. The molecule has 0 unspecified atom stereocenters. The van der Waals surface area contributed by atoms with Crippen molar-refractivity contribution in [2.75, 3.05) is 9.80 Å². The fraction of sp³-hybridized carbons (Fsp3) is 0.0741. The second-order valence-corrected chi connectivity index (χ2v) is 8.84. The summed E-state index contributed by atoms with van der Waals surface area (Å²) in [6.45, 7) is -0.0731. The molecular weight excluding hydrogens is 433 g/mol. The van der Waals surface area contributed by atoms with Gasteiger partial charge >= 0.3 is 6.71 Å². The SMILES string of the molecule is C[n+]1ccnc2c1B1c3c(ccnc3N(c3ccccc3)c3ncc[n+](C)c31)N2c1ccccc1. The van der Waals surface area contributed by atoms with Gasteiger partial charge in [-0.3, -0.25) is 9.80 Å². The highest BCUT2D eigenvalue weighted by Gasteiger charge is 2.54. The van der Waals surface area contributed by atoms with E-state index in [4.69, 9.17) is 15.0 Å². The van der Waals surface area contributed by atoms with Crippen LogP contribution in [0.15, 0.2) is 97.7 Å². The molecule has 0 amide bonds. The summed E-state index contributed by atoms with van der Waals surface area (Å²) in [4.78, 5) is 19.2. The number of pyridine rings is 1. The van der Waals surface area contributed by atoms with Gasteiger partial charge in [-0.1, -0.05) is 36.4 Å². The van der Waals surface area contributed by atoms with Crippen LogP contribution in [0.5, 0.6) is 0 Å². The highest BCUT2D eigenvalue weighted by molar-refractivity contribution is 6.98. The molecule has 166 valence electrons. The van der Waals surface area contributed by atoms with E-state index in [9.17, 15) is 0 Å². The van der Waals surface area contributed by atoms with Gasteiger partial charge in [-0.05, 0) is 30.3 Å². The van der Waals surface area contributed by atoms with Crippen molar-refractivity contribution >= 4 is 57.9 Å². The summed E-state index contributed by atoms with van der Waals surface area (Å²) >= 11 is 0. The number of benzene rings is 2. The molecule has 3 aromatic heterocycles. The topological polar surface area (TPSA) is 52.9 Å². The van der Waals surface area contributed by atoms with E-state index >= 15 is 0 Å². The van der Waals surface area contributed by atoms with Crippen molar-refractivity contribution in [1.29, 1.82) is 0 Å². The van der Waals surface area contributed by atoms with Gasteiger partial charge in [0.05, 0.1) is 12.4 Å². The van der Waals surface area contributed by atoms with Crippen molar-refractivity contribution in [3.63, 3.8) is 0 Å². The average molecular weight is 455 g/mol. The van der Waals surface area contributed by atoms with Crippen LogP contribution in [0.25, 0.3) is 0 Å². The van der Waals surface area contributed by atoms with Gasteiger partial charge in [0.1, 0.15) is 19.9 Å². The Morgan fingerprint density at radius 2 is 1.11 bits per heavy atom. The third-order valence-electron chi connectivity index (χ3n) is 6.88. The van der Waals surface area contributed by atoms with Crippen LogP contribution < -0.4 is 35.6 Å². The number of anilines is 6. The van der Waals surface area contributed by atoms with E-state index in [1.165, 1.54) is 0 Å². The largest absolute Gasteiger partial charge is 0.421 e. The Hall–Kier alpha value is -4.59. The molecule has 7 rings (SSSR count). The first-order chi connectivity index (χ1) is 17.2. The van der Waals surface area contributed by atoms with Gasteiger partial charge in [-0.25, -0.2) is 24.1 Å². The second-order valence-electron chi connectivity index (χ2n) is 8.84. The van der Waals surface area contributed by atoms with Gasteiger partial charge in [0.15, 0.2) is 35.2 Å². The number of fused-ring (bicyclic) bond motifs is 4. The molecule has 5 aromatic rings. The van der Waals surface area contributed by atoms with Crippen LogP contribution in [0.4, 0.5) is 34.5 Å². The number of nitrogens with zero attached hydrogens (tertiary/aromatic N) is 7. The summed E-state index contributed by atoms with van der Waals surface area (Å²) in [6, 6.07) is 22.8. The Labute approximate surface area is 203 Å². The van der Waals surface area contributed by atoms with Gasteiger partial charge in [0.25, 0.3) is 0 Å². The molecule has 5 heterocycles. The summed E-state index contributed by atoms with van der Waals surface area (Å²) in [7, 11) is 4.18. The minimum atomic E-state index is -0.0731. The summed E-state index contributed by atoms with van der Waals surface area (Å²) in [5.41, 5.74) is 6.53. The monoisotopic (exact) mass is 455 g/mol. The molecule has 8 heteroatoms. The fourth-order valence-electron chi connectivity index (χ4n) is 5.41. The molecular formula is C27H22BN7+2. The van der Waals surface area contributed by atoms with Crippen molar-refractivity contribution < 1.29 is 9.13 Å². The van der Waals surface area contributed by atoms with Crippen molar-refractivity contribution in [3.05, 3.63) is 97.7 Å². The molecule has 0 atom stereocenters. The second kappa shape index (κ2) is 7.46. The normalized spacial score (nSPS) is 13.3. The molecule has 0 N–H and O–H groups in total. The van der Waals surface area contributed by atoms with Gasteiger partial charge in [0, 0.05) is 28.7 Å². The zero-order chi connectivity index (χ0) is 23.5. The van der Waals surface area contributed by atoms with Crippen molar-refractivity contribution in [2.45, 2.75) is 0 Å². The molecule has 0 saturated carbocycles. The Kier molecular flexibility index (Phi) is 4.23. The first-order valence-electron chi connectivity index (χ1n) is 11.6. The third kappa shape index (κ3) is 2.77. The first kappa shape index (κ1) is 19.8. The van der Waals surface area contributed by atoms with E-state index in [-0.39, 0.29) is 6.71 Å². The lowest BCUT2D eigenvalue weighted by Crippen LogP contribution is -2.75. The maximum Gasteiger partial charge on any atom is 0.421 e. The maximum absolute atomic E-state index is 4.95.